The molecule has 0 radical (unpaired) electrons. The molecule has 0 aliphatic carbocycles. The van der Waals surface area contributed by atoms with Gasteiger partial charge in [0.1, 0.15) is 6.04 Å². The van der Waals surface area contributed by atoms with Gasteiger partial charge in [0.15, 0.2) is 5.79 Å². The van der Waals surface area contributed by atoms with Gasteiger partial charge in [0.2, 0.25) is 5.91 Å². The molecule has 1 aliphatic rings. The number of hydrogen-bond acceptors (Lipinski definition) is 4. The Balaban J connectivity index is 2.67. The lowest BCUT2D eigenvalue weighted by molar-refractivity contribution is -0.172. The molecule has 1 aliphatic heterocycles. The molecule has 0 aromatic heterocycles. The second-order valence-electron chi connectivity index (χ2n) is 2.36. The second-order valence-corrected chi connectivity index (χ2v) is 2.36. The van der Waals surface area contributed by atoms with Gasteiger partial charge < -0.3 is 20.6 Å². The summed E-state index contributed by atoms with van der Waals surface area (Å²) in [6.45, 7) is -0.460. The van der Waals surface area contributed by atoms with Crippen LogP contribution in [-0.2, 0) is 4.79 Å². The third kappa shape index (κ3) is 1.11. The molecule has 1 heterocycles. The highest BCUT2D eigenvalue weighted by atomic mass is 16.5. The van der Waals surface area contributed by atoms with Crippen molar-refractivity contribution in [1.82, 2.24) is 5.32 Å². The maximum absolute atomic E-state index is 10.5. The second kappa shape index (κ2) is 2.19. The van der Waals surface area contributed by atoms with E-state index in [1.165, 1.54) is 0 Å². The fourth-order valence-electron chi connectivity index (χ4n) is 0.912. The van der Waals surface area contributed by atoms with E-state index >= 15 is 0 Å². The Bertz CT molecular complexity index is 156. The van der Waals surface area contributed by atoms with E-state index < -0.39 is 24.3 Å². The normalized spacial score (nSPS) is 30.3. The molecule has 1 rings (SSSR count). The molecular weight excluding hydrogens is 138 g/mol. The van der Waals surface area contributed by atoms with Crippen molar-refractivity contribution in [3.8, 4) is 0 Å². The van der Waals surface area contributed by atoms with Gasteiger partial charge in [-0.2, -0.15) is 0 Å². The first kappa shape index (κ1) is 7.46. The lowest BCUT2D eigenvalue weighted by Gasteiger charge is -2.19. The molecule has 58 valence electrons. The molecule has 5 heteroatoms. The molecule has 1 fully saturated rings. The molecule has 4 N–H and O–H groups in total. The van der Waals surface area contributed by atoms with Crippen LogP contribution in [0.4, 0.5) is 0 Å². The molecule has 0 aromatic rings. The molecule has 0 bridgehead atoms. The predicted molar refractivity (Wildman–Crippen MR) is 30.8 cm³/mol. The van der Waals surface area contributed by atoms with Gasteiger partial charge in [0, 0.05) is 0 Å². The number of carbonyl (C=O) groups is 1. The van der Waals surface area contributed by atoms with Gasteiger partial charge in [-0.25, -0.2) is 0 Å². The molecule has 0 saturated carbocycles. The van der Waals surface area contributed by atoms with Crippen LogP contribution in [0, 0.1) is 0 Å². The summed E-state index contributed by atoms with van der Waals surface area (Å²) in [6, 6.07) is -0.944. The minimum atomic E-state index is -2.08. The first-order chi connectivity index (χ1) is 4.56. The van der Waals surface area contributed by atoms with Gasteiger partial charge in [-0.15, -0.1) is 0 Å². The molecule has 10 heavy (non-hydrogen) atoms. The third-order valence-corrected chi connectivity index (χ3v) is 1.50. The summed E-state index contributed by atoms with van der Waals surface area (Å²) in [5.41, 5.74) is 0. The van der Waals surface area contributed by atoms with Gasteiger partial charge in [-0.05, 0) is 0 Å². The SMILES string of the molecule is O=C1CC(O)(O)C(CO)N1. The highest BCUT2D eigenvalue weighted by Gasteiger charge is 2.43. The van der Waals surface area contributed by atoms with Crippen molar-refractivity contribution < 1.29 is 20.1 Å². The zero-order chi connectivity index (χ0) is 7.78. The van der Waals surface area contributed by atoms with E-state index in [2.05, 4.69) is 5.32 Å². The van der Waals surface area contributed by atoms with Crippen LogP contribution in [0.25, 0.3) is 0 Å². The fourth-order valence-corrected chi connectivity index (χ4v) is 0.912. The number of aliphatic hydroxyl groups is 3. The summed E-state index contributed by atoms with van der Waals surface area (Å²) in [5, 5.41) is 28.6. The standard InChI is InChI=1S/C5H9NO4/c7-2-3-5(9,10)1-4(8)6-3/h3,7,9-10H,1-2H2,(H,6,8). The van der Waals surface area contributed by atoms with Crippen molar-refractivity contribution in [2.24, 2.45) is 0 Å². The molecule has 0 aromatic carbocycles. The summed E-state index contributed by atoms with van der Waals surface area (Å²) in [4.78, 5) is 10.5. The Morgan fingerprint density at radius 3 is 2.50 bits per heavy atom. The van der Waals surface area contributed by atoms with Crippen LogP contribution in [0.2, 0.25) is 0 Å². The topological polar surface area (TPSA) is 89.8 Å². The van der Waals surface area contributed by atoms with Crippen LogP contribution < -0.4 is 5.32 Å². The van der Waals surface area contributed by atoms with E-state index in [0.717, 1.165) is 0 Å². The maximum atomic E-state index is 10.5. The van der Waals surface area contributed by atoms with Crippen LogP contribution >= 0.6 is 0 Å². The van der Waals surface area contributed by atoms with Gasteiger partial charge in [-0.3, -0.25) is 4.79 Å². The van der Waals surface area contributed by atoms with E-state index in [9.17, 15) is 4.79 Å². The summed E-state index contributed by atoms with van der Waals surface area (Å²) >= 11 is 0. The number of carbonyl (C=O) groups excluding carboxylic acids is 1. The van der Waals surface area contributed by atoms with E-state index in [0.29, 0.717) is 0 Å². The van der Waals surface area contributed by atoms with Crippen LogP contribution in [0.15, 0.2) is 0 Å². The Kier molecular flexibility index (Phi) is 1.63. The van der Waals surface area contributed by atoms with E-state index in [1.54, 1.807) is 0 Å². The lowest BCUT2D eigenvalue weighted by Crippen LogP contribution is -2.45. The van der Waals surface area contributed by atoms with Gasteiger partial charge in [-0.1, -0.05) is 0 Å². The van der Waals surface area contributed by atoms with E-state index in [-0.39, 0.29) is 6.42 Å². The minimum Gasteiger partial charge on any atom is -0.394 e. The largest absolute Gasteiger partial charge is 0.394 e. The molecule has 1 unspecified atom stereocenters. The van der Waals surface area contributed by atoms with Crippen molar-refractivity contribution in [3.05, 3.63) is 0 Å². The van der Waals surface area contributed by atoms with Crippen molar-refractivity contribution in [2.45, 2.75) is 18.2 Å². The maximum Gasteiger partial charge on any atom is 0.225 e. The van der Waals surface area contributed by atoms with Crippen LogP contribution in [-0.4, -0.2) is 39.7 Å². The summed E-state index contributed by atoms with van der Waals surface area (Å²) in [6.07, 6.45) is -0.363. The Labute approximate surface area is 57.3 Å². The van der Waals surface area contributed by atoms with Crippen LogP contribution in [0.1, 0.15) is 6.42 Å². The number of amides is 1. The minimum absolute atomic E-state index is 0.363. The molecule has 1 amide bonds. The number of hydrogen-bond donors (Lipinski definition) is 4. The van der Waals surface area contributed by atoms with Gasteiger partial charge in [0.25, 0.3) is 0 Å². The van der Waals surface area contributed by atoms with Gasteiger partial charge in [0.05, 0.1) is 13.0 Å². The smallest absolute Gasteiger partial charge is 0.225 e. The van der Waals surface area contributed by atoms with Crippen molar-refractivity contribution in [2.75, 3.05) is 6.61 Å². The summed E-state index contributed by atoms with van der Waals surface area (Å²) in [5.74, 6) is -2.53. The average Bonchev–Trinajstić information content (AvgIpc) is 2.04. The fraction of sp³-hybridized carbons (Fsp3) is 0.800. The molecule has 1 saturated heterocycles. The molecule has 1 atom stereocenters. The first-order valence-electron chi connectivity index (χ1n) is 2.91. The Morgan fingerprint density at radius 1 is 1.70 bits per heavy atom. The predicted octanol–water partition coefficient (Wildman–Crippen LogP) is -2.45. The summed E-state index contributed by atoms with van der Waals surface area (Å²) < 4.78 is 0. The molecular formula is C5H9NO4. The average molecular weight is 147 g/mol. The third-order valence-electron chi connectivity index (χ3n) is 1.50. The zero-order valence-corrected chi connectivity index (χ0v) is 5.24. The van der Waals surface area contributed by atoms with Crippen molar-refractivity contribution in [3.63, 3.8) is 0 Å². The number of aliphatic hydroxyl groups excluding tert-OH is 1. The number of nitrogens with one attached hydrogen (secondary N) is 1. The van der Waals surface area contributed by atoms with Crippen molar-refractivity contribution in [1.29, 1.82) is 0 Å². The molecule has 0 spiro atoms. The van der Waals surface area contributed by atoms with Crippen molar-refractivity contribution >= 4 is 5.91 Å². The number of rotatable bonds is 1. The lowest BCUT2D eigenvalue weighted by atomic mass is 10.1. The summed E-state index contributed by atoms with van der Waals surface area (Å²) in [7, 11) is 0. The van der Waals surface area contributed by atoms with E-state index in [4.69, 9.17) is 15.3 Å². The highest BCUT2D eigenvalue weighted by molar-refractivity contribution is 5.80. The highest BCUT2D eigenvalue weighted by Crippen LogP contribution is 2.17. The Morgan fingerprint density at radius 2 is 2.30 bits per heavy atom. The monoisotopic (exact) mass is 147 g/mol. The quantitative estimate of drug-likeness (QED) is 0.310. The molecule has 5 nitrogen and oxygen atoms in total. The Hall–Kier alpha value is -0.650. The first-order valence-corrected chi connectivity index (χ1v) is 2.91. The zero-order valence-electron chi connectivity index (χ0n) is 5.24. The van der Waals surface area contributed by atoms with Crippen LogP contribution in [0.3, 0.4) is 0 Å². The van der Waals surface area contributed by atoms with Gasteiger partial charge >= 0.3 is 0 Å². The van der Waals surface area contributed by atoms with Crippen LogP contribution in [0.5, 0.6) is 0 Å². The van der Waals surface area contributed by atoms with E-state index in [1.807, 2.05) is 0 Å².